The van der Waals surface area contributed by atoms with E-state index in [1.807, 2.05) is 31.2 Å². The van der Waals surface area contributed by atoms with Crippen LogP contribution in [0.25, 0.3) is 0 Å². The van der Waals surface area contributed by atoms with Crippen molar-refractivity contribution in [2.24, 2.45) is 0 Å². The Balaban J connectivity index is 1.29. The molecule has 2 aliphatic rings. The predicted octanol–water partition coefficient (Wildman–Crippen LogP) is 4.10. The highest BCUT2D eigenvalue weighted by atomic mass is 32.1. The van der Waals surface area contributed by atoms with Gasteiger partial charge >= 0.3 is 0 Å². The van der Waals surface area contributed by atoms with Gasteiger partial charge in [0.15, 0.2) is 16.6 Å². The van der Waals surface area contributed by atoms with Gasteiger partial charge in [-0.1, -0.05) is 17.7 Å². The lowest BCUT2D eigenvalue weighted by Gasteiger charge is -2.11. The molecular formula is C22H19N3O4S. The minimum atomic E-state index is -0.311. The van der Waals surface area contributed by atoms with Crippen LogP contribution in [0, 0.1) is 6.92 Å². The molecule has 1 atom stereocenters. The van der Waals surface area contributed by atoms with E-state index in [0.29, 0.717) is 22.2 Å². The maximum Gasteiger partial charge on any atom is 0.257 e. The first-order valence-electron chi connectivity index (χ1n) is 9.65. The van der Waals surface area contributed by atoms with Crippen molar-refractivity contribution in [1.82, 2.24) is 4.98 Å². The molecular weight excluding hydrogens is 402 g/mol. The van der Waals surface area contributed by atoms with Gasteiger partial charge in [-0.25, -0.2) is 4.98 Å². The van der Waals surface area contributed by atoms with Gasteiger partial charge in [0.1, 0.15) is 0 Å². The maximum absolute atomic E-state index is 12.8. The molecule has 1 unspecified atom stereocenters. The molecule has 0 bridgehead atoms. The normalized spacial score (nSPS) is 16.2. The van der Waals surface area contributed by atoms with E-state index in [-0.39, 0.29) is 24.5 Å². The van der Waals surface area contributed by atoms with E-state index in [4.69, 9.17) is 9.47 Å². The lowest BCUT2D eigenvalue weighted by atomic mass is 10.1. The first-order valence-corrected chi connectivity index (χ1v) is 10.5. The fourth-order valence-electron chi connectivity index (χ4n) is 3.61. The molecule has 3 aromatic rings. The minimum absolute atomic E-state index is 0.0726. The summed E-state index contributed by atoms with van der Waals surface area (Å²) >= 11 is 1.42. The number of nitrogens with zero attached hydrogens (tertiary/aromatic N) is 1. The van der Waals surface area contributed by atoms with Gasteiger partial charge in [-0.05, 0) is 50.1 Å². The second-order valence-electron chi connectivity index (χ2n) is 7.30. The first-order chi connectivity index (χ1) is 14.6. The Labute approximate surface area is 177 Å². The fraction of sp³-hybridized carbons (Fsp3) is 0.227. The number of thiazole rings is 1. The number of carbonyl (C=O) groups excluding carboxylic acids is 2. The van der Waals surface area contributed by atoms with Crippen LogP contribution in [0.1, 0.15) is 38.8 Å². The Bertz CT molecular complexity index is 1140. The molecule has 2 N–H and O–H groups in total. The second kappa shape index (κ2) is 7.46. The van der Waals surface area contributed by atoms with Crippen molar-refractivity contribution < 1.29 is 19.1 Å². The largest absolute Gasteiger partial charge is 0.454 e. The van der Waals surface area contributed by atoms with Crippen LogP contribution in [0.2, 0.25) is 0 Å². The summed E-state index contributed by atoms with van der Waals surface area (Å²) < 4.78 is 10.6. The average Bonchev–Trinajstić information content (AvgIpc) is 3.44. The summed E-state index contributed by atoms with van der Waals surface area (Å²) in [5, 5.41) is 6.29. The first kappa shape index (κ1) is 18.6. The van der Waals surface area contributed by atoms with E-state index in [1.54, 1.807) is 18.2 Å². The summed E-state index contributed by atoms with van der Waals surface area (Å²) in [6.07, 6.45) is 1.50. The monoisotopic (exact) mass is 421 g/mol. The molecule has 1 aromatic heterocycles. The van der Waals surface area contributed by atoms with Crippen molar-refractivity contribution >= 4 is 34.0 Å². The Morgan fingerprint density at radius 1 is 1.07 bits per heavy atom. The average molecular weight is 421 g/mol. The van der Waals surface area contributed by atoms with Crippen molar-refractivity contribution in [2.45, 2.75) is 25.7 Å². The Morgan fingerprint density at radius 2 is 1.87 bits per heavy atom. The number of ether oxygens (including phenoxy) is 2. The summed E-state index contributed by atoms with van der Waals surface area (Å²) in [6.45, 7) is 2.16. The number of hydrogen-bond donors (Lipinski definition) is 2. The number of benzene rings is 2. The number of anilines is 2. The SMILES string of the molecule is Cc1ccc(NC(=O)C2CCc3sc(NC(=O)c4ccc5c(c4)OCO5)nc32)cc1. The summed E-state index contributed by atoms with van der Waals surface area (Å²) in [4.78, 5) is 31.0. The molecule has 8 heteroatoms. The molecule has 0 spiro atoms. The number of aryl methyl sites for hydroxylation is 2. The summed E-state index contributed by atoms with van der Waals surface area (Å²) in [6, 6.07) is 12.7. The number of hydrogen-bond acceptors (Lipinski definition) is 6. The van der Waals surface area contributed by atoms with E-state index >= 15 is 0 Å². The van der Waals surface area contributed by atoms with E-state index in [9.17, 15) is 9.59 Å². The van der Waals surface area contributed by atoms with Crippen LogP contribution in [0.4, 0.5) is 10.8 Å². The topological polar surface area (TPSA) is 89.6 Å². The third kappa shape index (κ3) is 3.50. The van der Waals surface area contributed by atoms with Crippen LogP contribution < -0.4 is 20.1 Å². The summed E-state index contributed by atoms with van der Waals surface area (Å²) in [7, 11) is 0. The molecule has 2 amide bonds. The molecule has 7 nitrogen and oxygen atoms in total. The highest BCUT2D eigenvalue weighted by Crippen LogP contribution is 2.39. The van der Waals surface area contributed by atoms with Crippen molar-refractivity contribution in [3.8, 4) is 11.5 Å². The van der Waals surface area contributed by atoms with Gasteiger partial charge < -0.3 is 14.8 Å². The van der Waals surface area contributed by atoms with Crippen LogP contribution in [0.15, 0.2) is 42.5 Å². The highest BCUT2D eigenvalue weighted by Gasteiger charge is 2.33. The fourth-order valence-corrected chi connectivity index (χ4v) is 4.64. The zero-order valence-corrected chi connectivity index (χ0v) is 17.0. The smallest absolute Gasteiger partial charge is 0.257 e. The molecule has 5 rings (SSSR count). The molecule has 0 saturated carbocycles. The molecule has 0 fully saturated rings. The van der Waals surface area contributed by atoms with Gasteiger partial charge in [-0.15, -0.1) is 11.3 Å². The number of carbonyl (C=O) groups is 2. The van der Waals surface area contributed by atoms with Gasteiger partial charge in [0, 0.05) is 16.1 Å². The lowest BCUT2D eigenvalue weighted by molar-refractivity contribution is -0.117. The molecule has 30 heavy (non-hydrogen) atoms. The predicted molar refractivity (Wildman–Crippen MR) is 114 cm³/mol. The van der Waals surface area contributed by atoms with E-state index < -0.39 is 0 Å². The number of aromatic nitrogens is 1. The van der Waals surface area contributed by atoms with Crippen LogP contribution in [0.5, 0.6) is 11.5 Å². The molecule has 0 saturated heterocycles. The molecule has 2 heterocycles. The molecule has 1 aliphatic carbocycles. The van der Waals surface area contributed by atoms with Crippen molar-refractivity contribution in [1.29, 1.82) is 0 Å². The van der Waals surface area contributed by atoms with Gasteiger partial charge in [-0.2, -0.15) is 0 Å². The van der Waals surface area contributed by atoms with Gasteiger partial charge in [0.2, 0.25) is 12.7 Å². The van der Waals surface area contributed by atoms with Crippen LogP contribution in [-0.4, -0.2) is 23.6 Å². The van der Waals surface area contributed by atoms with Gasteiger partial charge in [0.05, 0.1) is 11.6 Å². The second-order valence-corrected chi connectivity index (χ2v) is 8.38. The van der Waals surface area contributed by atoms with Crippen molar-refractivity contribution in [3.05, 3.63) is 64.2 Å². The third-order valence-corrected chi connectivity index (χ3v) is 6.25. The third-order valence-electron chi connectivity index (χ3n) is 5.21. The van der Waals surface area contributed by atoms with Crippen molar-refractivity contribution in [3.63, 3.8) is 0 Å². The number of amides is 2. The number of nitrogens with one attached hydrogen (secondary N) is 2. The highest BCUT2D eigenvalue weighted by molar-refractivity contribution is 7.16. The van der Waals surface area contributed by atoms with Crippen LogP contribution >= 0.6 is 11.3 Å². The van der Waals surface area contributed by atoms with Gasteiger partial charge in [0.25, 0.3) is 5.91 Å². The van der Waals surface area contributed by atoms with E-state index in [2.05, 4.69) is 15.6 Å². The molecule has 1 aliphatic heterocycles. The van der Waals surface area contributed by atoms with E-state index in [1.165, 1.54) is 11.3 Å². The Kier molecular flexibility index (Phi) is 4.63. The standard InChI is InChI=1S/C22H19N3O4S/c1-12-2-5-14(6-3-12)23-21(27)15-7-9-18-19(15)24-22(30-18)25-20(26)13-4-8-16-17(10-13)29-11-28-16/h2-6,8,10,15H,7,9,11H2,1H3,(H,23,27)(H,24,25,26). The zero-order valence-electron chi connectivity index (χ0n) is 16.2. The molecule has 152 valence electrons. The van der Waals surface area contributed by atoms with Gasteiger partial charge in [-0.3, -0.25) is 14.9 Å². The summed E-state index contributed by atoms with van der Waals surface area (Å²) in [5.41, 5.74) is 3.12. The Hall–Kier alpha value is -3.39. The number of fused-ring (bicyclic) bond motifs is 2. The van der Waals surface area contributed by atoms with Crippen LogP contribution in [0.3, 0.4) is 0 Å². The number of rotatable bonds is 4. The quantitative estimate of drug-likeness (QED) is 0.662. The molecule has 2 aromatic carbocycles. The lowest BCUT2D eigenvalue weighted by Crippen LogP contribution is -2.20. The summed E-state index contributed by atoms with van der Waals surface area (Å²) in [5.74, 6) is 0.519. The Morgan fingerprint density at radius 3 is 2.70 bits per heavy atom. The van der Waals surface area contributed by atoms with Crippen LogP contribution in [-0.2, 0) is 11.2 Å². The van der Waals surface area contributed by atoms with Crippen molar-refractivity contribution in [2.75, 3.05) is 17.4 Å². The maximum atomic E-state index is 12.8. The van der Waals surface area contributed by atoms with E-state index in [0.717, 1.165) is 34.7 Å². The molecule has 0 radical (unpaired) electrons. The minimum Gasteiger partial charge on any atom is -0.454 e. The zero-order chi connectivity index (χ0) is 20.7.